The molecule has 0 bridgehead atoms. The van der Waals surface area contributed by atoms with Gasteiger partial charge in [0, 0.05) is 40.2 Å². The topological polar surface area (TPSA) is 16.4 Å². The number of anilines is 2. The molecule has 7 rings (SSSR count). The quantitative estimate of drug-likeness (QED) is 0.189. The highest BCUT2D eigenvalue weighted by atomic mass is 16.3. The van der Waals surface area contributed by atoms with Gasteiger partial charge in [-0.1, -0.05) is 105 Å². The first-order valence-corrected chi connectivity index (χ1v) is 14.9. The minimum atomic E-state index is -0.0814. The second kappa shape index (κ2) is 10.3. The van der Waals surface area contributed by atoms with Crippen LogP contribution in [0.15, 0.2) is 138 Å². The number of rotatable bonds is 6. The van der Waals surface area contributed by atoms with Crippen molar-refractivity contribution in [1.82, 2.24) is 0 Å². The minimum Gasteiger partial charge on any atom is -0.456 e. The third-order valence-electron chi connectivity index (χ3n) is 8.97. The summed E-state index contributed by atoms with van der Waals surface area (Å²) in [6.45, 7) is 11.2. The lowest BCUT2D eigenvalue weighted by Crippen LogP contribution is -2.17. The first-order chi connectivity index (χ1) is 20.9. The summed E-state index contributed by atoms with van der Waals surface area (Å²) in [6.07, 6.45) is 8.24. The summed E-state index contributed by atoms with van der Waals surface area (Å²) < 4.78 is 6.05. The molecule has 43 heavy (non-hydrogen) atoms. The monoisotopic (exact) mass is 557 g/mol. The van der Waals surface area contributed by atoms with Gasteiger partial charge in [0.15, 0.2) is 0 Å². The van der Waals surface area contributed by atoms with Gasteiger partial charge >= 0.3 is 0 Å². The predicted octanol–water partition coefficient (Wildman–Crippen LogP) is 11.5. The summed E-state index contributed by atoms with van der Waals surface area (Å²) in [7, 11) is 2.15. The Morgan fingerprint density at radius 2 is 1.44 bits per heavy atom. The van der Waals surface area contributed by atoms with E-state index in [1.54, 1.807) is 0 Å². The largest absolute Gasteiger partial charge is 0.456 e. The van der Waals surface area contributed by atoms with Gasteiger partial charge in [-0.3, -0.25) is 0 Å². The molecule has 0 saturated heterocycles. The van der Waals surface area contributed by atoms with Gasteiger partial charge in [0.05, 0.1) is 0 Å². The zero-order valence-electron chi connectivity index (χ0n) is 25.2. The Kier molecular flexibility index (Phi) is 6.43. The Hall–Kier alpha value is -5.08. The van der Waals surface area contributed by atoms with Crippen LogP contribution in [0.2, 0.25) is 0 Å². The van der Waals surface area contributed by atoms with Crippen molar-refractivity contribution in [2.45, 2.75) is 26.2 Å². The Balaban J connectivity index is 1.29. The summed E-state index contributed by atoms with van der Waals surface area (Å²) in [4.78, 5) is 2.29. The summed E-state index contributed by atoms with van der Waals surface area (Å²) in [5, 5.41) is 2.29. The molecule has 210 valence electrons. The molecule has 0 aliphatic heterocycles. The third-order valence-corrected chi connectivity index (χ3v) is 8.97. The van der Waals surface area contributed by atoms with Crippen LogP contribution in [0.1, 0.15) is 37.5 Å². The third kappa shape index (κ3) is 4.42. The van der Waals surface area contributed by atoms with Crippen LogP contribution < -0.4 is 4.90 Å². The van der Waals surface area contributed by atoms with Crippen LogP contribution >= 0.6 is 0 Å². The molecule has 1 aromatic heterocycles. The Morgan fingerprint density at radius 1 is 0.721 bits per heavy atom. The molecule has 0 saturated carbocycles. The van der Waals surface area contributed by atoms with Gasteiger partial charge in [-0.15, -0.1) is 0 Å². The molecule has 0 fully saturated rings. The number of benzene rings is 5. The molecule has 0 spiro atoms. The van der Waals surface area contributed by atoms with E-state index in [0.717, 1.165) is 44.4 Å². The average Bonchev–Trinajstić information content (AvgIpc) is 3.52. The summed E-state index contributed by atoms with van der Waals surface area (Å²) in [5.74, 6) is 0. The van der Waals surface area contributed by atoms with Gasteiger partial charge in [0.1, 0.15) is 11.2 Å². The highest BCUT2D eigenvalue weighted by Crippen LogP contribution is 2.51. The molecule has 1 aliphatic carbocycles. The number of hydrogen-bond acceptors (Lipinski definition) is 2. The molecule has 2 nitrogen and oxygen atoms in total. The van der Waals surface area contributed by atoms with Crippen LogP contribution in [0.4, 0.5) is 11.4 Å². The first kappa shape index (κ1) is 26.8. The second-order valence-electron chi connectivity index (χ2n) is 11.9. The number of hydrogen-bond donors (Lipinski definition) is 0. The van der Waals surface area contributed by atoms with E-state index in [0.29, 0.717) is 0 Å². The molecule has 1 heterocycles. The molecule has 0 atom stereocenters. The number of nitrogens with zero attached hydrogens (tertiary/aromatic N) is 1. The molecule has 0 radical (unpaired) electrons. The molecular weight excluding hydrogens is 522 g/mol. The van der Waals surface area contributed by atoms with Gasteiger partial charge in [0.2, 0.25) is 0 Å². The van der Waals surface area contributed by atoms with Gasteiger partial charge in [0.25, 0.3) is 0 Å². The van der Waals surface area contributed by atoms with Gasteiger partial charge in [-0.2, -0.15) is 0 Å². The van der Waals surface area contributed by atoms with Crippen LogP contribution in [0, 0.1) is 0 Å². The van der Waals surface area contributed by atoms with E-state index in [9.17, 15) is 0 Å². The maximum Gasteiger partial charge on any atom is 0.135 e. The molecule has 5 aromatic carbocycles. The SMILES string of the molecule is C=C(/C=C/C=C/C)c1cc2c(cc1N(C)c1ccc(-c3ccc4oc5ccccc5c4c3)cc1)C(C)(C)c1ccccc1-2. The van der Waals surface area contributed by atoms with E-state index >= 15 is 0 Å². The van der Waals surface area contributed by atoms with Crippen molar-refractivity contribution in [1.29, 1.82) is 0 Å². The van der Waals surface area contributed by atoms with Gasteiger partial charge in [-0.25, -0.2) is 0 Å². The van der Waals surface area contributed by atoms with Crippen molar-refractivity contribution in [2.24, 2.45) is 0 Å². The van der Waals surface area contributed by atoms with Crippen molar-refractivity contribution in [2.75, 3.05) is 11.9 Å². The van der Waals surface area contributed by atoms with Crippen LogP contribution in [0.25, 0.3) is 49.8 Å². The average molecular weight is 558 g/mol. The molecule has 0 amide bonds. The molecular formula is C41H35NO. The van der Waals surface area contributed by atoms with Crippen LogP contribution in [-0.2, 0) is 5.41 Å². The van der Waals surface area contributed by atoms with E-state index in [-0.39, 0.29) is 5.41 Å². The Labute approximate surface area is 253 Å². The molecule has 6 aromatic rings. The minimum absolute atomic E-state index is 0.0814. The Bertz CT molecular complexity index is 2090. The second-order valence-corrected chi connectivity index (χ2v) is 11.9. The number of fused-ring (bicyclic) bond motifs is 6. The van der Waals surface area contributed by atoms with Gasteiger partial charge in [-0.05, 0) is 88.3 Å². The Morgan fingerprint density at radius 3 is 2.26 bits per heavy atom. The van der Waals surface area contributed by atoms with Crippen molar-refractivity contribution in [3.8, 4) is 22.3 Å². The fraction of sp³-hybridized carbons (Fsp3) is 0.122. The van der Waals surface area contributed by atoms with Crippen molar-refractivity contribution in [3.05, 3.63) is 151 Å². The lowest BCUT2D eigenvalue weighted by Gasteiger charge is -2.27. The zero-order valence-corrected chi connectivity index (χ0v) is 25.2. The smallest absolute Gasteiger partial charge is 0.135 e. The van der Waals surface area contributed by atoms with Crippen molar-refractivity contribution >= 4 is 38.9 Å². The predicted molar refractivity (Wildman–Crippen MR) is 184 cm³/mol. The maximum atomic E-state index is 6.05. The zero-order chi connectivity index (χ0) is 29.7. The van der Waals surface area contributed by atoms with E-state index in [1.807, 2.05) is 31.2 Å². The molecule has 1 aliphatic rings. The fourth-order valence-corrected chi connectivity index (χ4v) is 6.57. The normalized spacial score (nSPS) is 13.7. The highest BCUT2D eigenvalue weighted by molar-refractivity contribution is 6.06. The molecule has 0 unspecified atom stereocenters. The van der Waals surface area contributed by atoms with E-state index < -0.39 is 0 Å². The van der Waals surface area contributed by atoms with E-state index in [1.165, 1.54) is 33.4 Å². The van der Waals surface area contributed by atoms with Crippen LogP contribution in [0.3, 0.4) is 0 Å². The lowest BCUT2D eigenvalue weighted by molar-refractivity contribution is 0.660. The number of allylic oxidation sites excluding steroid dienone is 5. The highest BCUT2D eigenvalue weighted by Gasteiger charge is 2.36. The van der Waals surface area contributed by atoms with E-state index in [4.69, 9.17) is 4.42 Å². The molecule has 0 N–H and O–H groups in total. The maximum absolute atomic E-state index is 6.05. The summed E-state index contributed by atoms with van der Waals surface area (Å²) >= 11 is 0. The van der Waals surface area contributed by atoms with Crippen molar-refractivity contribution < 1.29 is 4.42 Å². The van der Waals surface area contributed by atoms with Crippen molar-refractivity contribution in [3.63, 3.8) is 0 Å². The standard InChI is InChI=1S/C41H35NO/c1-6-7-8-13-27(2)33-25-34-31-14-9-11-16-36(31)41(3,4)37(34)26-38(33)42(5)30-21-18-28(19-22-30)29-20-23-40-35(24-29)32-15-10-12-17-39(32)43-40/h6-26H,2H2,1,3-5H3/b7-6+,13-8+. The van der Waals surface area contributed by atoms with Gasteiger partial charge < -0.3 is 9.32 Å². The first-order valence-electron chi connectivity index (χ1n) is 14.9. The fourth-order valence-electron chi connectivity index (χ4n) is 6.57. The van der Waals surface area contributed by atoms with Crippen LogP contribution in [-0.4, -0.2) is 7.05 Å². The lowest BCUT2D eigenvalue weighted by atomic mass is 9.81. The number of para-hydroxylation sites is 1. The number of furan rings is 1. The summed E-state index contributed by atoms with van der Waals surface area (Å²) in [6, 6.07) is 37.0. The summed E-state index contributed by atoms with van der Waals surface area (Å²) in [5.41, 5.74) is 13.8. The molecule has 2 heteroatoms. The van der Waals surface area contributed by atoms with E-state index in [2.05, 4.69) is 136 Å². The van der Waals surface area contributed by atoms with Crippen LogP contribution in [0.5, 0.6) is 0 Å².